The van der Waals surface area contributed by atoms with Crippen LogP contribution in [0.25, 0.3) is 0 Å². The van der Waals surface area contributed by atoms with E-state index in [1.807, 2.05) is 0 Å². The molecule has 1 atom stereocenters. The van der Waals surface area contributed by atoms with E-state index in [4.69, 9.17) is 4.74 Å². The third-order valence-electron chi connectivity index (χ3n) is 3.32. The quantitative estimate of drug-likeness (QED) is 0.449. The Morgan fingerprint density at radius 2 is 2.00 bits per heavy atom. The highest BCUT2D eigenvalue weighted by atomic mass is 32.2. The standard InChI is InChI=1S/C12H11F3N2O6S/c13-12(14,15)8-3-9(17(19)20)5-10(4-8)24(21,22)11-6-16(7-18)1-2-23-11/h3-5,7,11H,1-2,6H2. The molecule has 1 heterocycles. The fraction of sp³-hybridized carbons (Fsp3) is 0.417. The third kappa shape index (κ3) is 3.64. The topological polar surface area (TPSA) is 107 Å². The van der Waals surface area contributed by atoms with Crippen LogP contribution in [0.3, 0.4) is 0 Å². The van der Waals surface area contributed by atoms with Crippen LogP contribution >= 0.6 is 0 Å². The zero-order chi connectivity index (χ0) is 18.1. The van der Waals surface area contributed by atoms with Crippen LogP contribution in [-0.2, 0) is 25.5 Å². The zero-order valence-corrected chi connectivity index (χ0v) is 12.7. The van der Waals surface area contributed by atoms with Crippen LogP contribution < -0.4 is 0 Å². The van der Waals surface area contributed by atoms with Gasteiger partial charge in [0.1, 0.15) is 0 Å². The van der Waals surface area contributed by atoms with E-state index in [9.17, 15) is 36.5 Å². The maximum absolute atomic E-state index is 12.9. The van der Waals surface area contributed by atoms with Gasteiger partial charge in [-0.25, -0.2) is 8.42 Å². The van der Waals surface area contributed by atoms with Crippen LogP contribution in [0.4, 0.5) is 18.9 Å². The Balaban J connectivity index is 2.51. The largest absolute Gasteiger partial charge is 0.416 e. The van der Waals surface area contributed by atoms with Crippen molar-refractivity contribution >= 4 is 21.9 Å². The lowest BCUT2D eigenvalue weighted by molar-refractivity contribution is -0.385. The molecule has 1 aromatic rings. The molecular weight excluding hydrogens is 357 g/mol. The number of nitro benzene ring substituents is 1. The first-order chi connectivity index (χ1) is 11.1. The van der Waals surface area contributed by atoms with Crippen LogP contribution in [0, 0.1) is 10.1 Å². The van der Waals surface area contributed by atoms with E-state index in [1.54, 1.807) is 0 Å². The van der Waals surface area contributed by atoms with Crippen LogP contribution in [-0.4, -0.2) is 49.8 Å². The first-order valence-electron chi connectivity index (χ1n) is 6.47. The first-order valence-corrected chi connectivity index (χ1v) is 8.02. The number of nitrogens with zero attached hydrogens (tertiary/aromatic N) is 2. The fourth-order valence-electron chi connectivity index (χ4n) is 2.09. The lowest BCUT2D eigenvalue weighted by atomic mass is 10.2. The minimum atomic E-state index is -4.96. The molecule has 0 saturated carbocycles. The number of amides is 1. The molecule has 1 amide bonds. The Bertz CT molecular complexity index is 765. The molecule has 132 valence electrons. The second kappa shape index (κ2) is 6.36. The molecule has 0 radical (unpaired) electrons. The number of nitro groups is 1. The van der Waals surface area contributed by atoms with Crippen molar-refractivity contribution in [2.24, 2.45) is 0 Å². The summed E-state index contributed by atoms with van der Waals surface area (Å²) in [4.78, 5) is 20.6. The molecule has 1 aromatic carbocycles. The van der Waals surface area contributed by atoms with E-state index < -0.39 is 42.5 Å². The number of alkyl halides is 3. The van der Waals surface area contributed by atoms with E-state index >= 15 is 0 Å². The van der Waals surface area contributed by atoms with Gasteiger partial charge in [-0.2, -0.15) is 13.2 Å². The SMILES string of the molecule is O=CN1CCOC(S(=O)(=O)c2cc([N+](=O)[O-])cc(C(F)(F)F)c2)C1. The number of sulfone groups is 1. The van der Waals surface area contributed by atoms with Gasteiger partial charge in [-0.05, 0) is 6.07 Å². The summed E-state index contributed by atoms with van der Waals surface area (Å²) in [7, 11) is -4.47. The molecule has 0 spiro atoms. The van der Waals surface area contributed by atoms with Gasteiger partial charge in [0, 0.05) is 18.7 Å². The first kappa shape index (κ1) is 18.1. The fourth-order valence-corrected chi connectivity index (χ4v) is 3.63. The van der Waals surface area contributed by atoms with Crippen molar-refractivity contribution in [3.63, 3.8) is 0 Å². The number of benzene rings is 1. The van der Waals surface area contributed by atoms with Gasteiger partial charge >= 0.3 is 6.18 Å². The van der Waals surface area contributed by atoms with Crippen LogP contribution in [0.1, 0.15) is 5.56 Å². The van der Waals surface area contributed by atoms with Crippen LogP contribution in [0.5, 0.6) is 0 Å². The number of morpholine rings is 1. The summed E-state index contributed by atoms with van der Waals surface area (Å²) in [5.41, 5.74) is -4.07. The average Bonchev–Trinajstić information content (AvgIpc) is 2.53. The molecule has 0 N–H and O–H groups in total. The van der Waals surface area contributed by atoms with Gasteiger partial charge in [-0.1, -0.05) is 0 Å². The average molecular weight is 368 g/mol. The normalized spacial score (nSPS) is 19.1. The highest BCUT2D eigenvalue weighted by molar-refractivity contribution is 7.92. The molecular formula is C12H11F3N2O6S. The van der Waals surface area contributed by atoms with Gasteiger partial charge in [0.2, 0.25) is 16.2 Å². The van der Waals surface area contributed by atoms with Crippen molar-refractivity contribution in [3.05, 3.63) is 33.9 Å². The van der Waals surface area contributed by atoms with Crippen LogP contribution in [0.15, 0.2) is 23.1 Å². The predicted octanol–water partition coefficient (Wildman–Crippen LogP) is 1.20. The van der Waals surface area contributed by atoms with Gasteiger partial charge in [0.05, 0.1) is 28.5 Å². The Labute approximate surface area is 133 Å². The Morgan fingerprint density at radius 3 is 2.54 bits per heavy atom. The summed E-state index contributed by atoms with van der Waals surface area (Å²) >= 11 is 0. The maximum Gasteiger partial charge on any atom is 0.416 e. The molecule has 12 heteroatoms. The second-order valence-electron chi connectivity index (χ2n) is 4.92. The Hall–Kier alpha value is -2.21. The van der Waals surface area contributed by atoms with Crippen molar-refractivity contribution in [1.82, 2.24) is 4.90 Å². The van der Waals surface area contributed by atoms with E-state index in [2.05, 4.69) is 0 Å². The molecule has 1 unspecified atom stereocenters. The number of rotatable bonds is 4. The molecule has 0 bridgehead atoms. The summed E-state index contributed by atoms with van der Waals surface area (Å²) in [5, 5.41) is 10.8. The number of carbonyl (C=O) groups excluding carboxylic acids is 1. The third-order valence-corrected chi connectivity index (χ3v) is 5.19. The number of hydrogen-bond donors (Lipinski definition) is 0. The Morgan fingerprint density at radius 1 is 1.33 bits per heavy atom. The molecule has 1 fully saturated rings. The van der Waals surface area contributed by atoms with Crippen molar-refractivity contribution < 1.29 is 36.0 Å². The van der Waals surface area contributed by atoms with Crippen molar-refractivity contribution in [3.8, 4) is 0 Å². The monoisotopic (exact) mass is 368 g/mol. The molecule has 1 aliphatic heterocycles. The van der Waals surface area contributed by atoms with E-state index in [-0.39, 0.29) is 25.8 Å². The van der Waals surface area contributed by atoms with Crippen LogP contribution in [0.2, 0.25) is 0 Å². The van der Waals surface area contributed by atoms with Gasteiger partial charge in [-0.15, -0.1) is 0 Å². The van der Waals surface area contributed by atoms with Crippen molar-refractivity contribution in [2.45, 2.75) is 16.5 Å². The van der Waals surface area contributed by atoms with Crippen molar-refractivity contribution in [2.75, 3.05) is 19.7 Å². The molecule has 0 aromatic heterocycles. The zero-order valence-electron chi connectivity index (χ0n) is 11.9. The smallest absolute Gasteiger partial charge is 0.358 e. The summed E-state index contributed by atoms with van der Waals surface area (Å²) in [5.74, 6) is 0. The van der Waals surface area contributed by atoms with Gasteiger partial charge in [0.15, 0.2) is 5.44 Å². The maximum atomic E-state index is 12.9. The summed E-state index contributed by atoms with van der Waals surface area (Å²) < 4.78 is 68.5. The predicted molar refractivity (Wildman–Crippen MR) is 72.7 cm³/mol. The number of ether oxygens (including phenoxy) is 1. The summed E-state index contributed by atoms with van der Waals surface area (Å²) in [6.07, 6.45) is -4.57. The number of hydrogen-bond acceptors (Lipinski definition) is 6. The van der Waals surface area contributed by atoms with Gasteiger partial charge < -0.3 is 9.64 Å². The van der Waals surface area contributed by atoms with E-state index in [1.165, 1.54) is 0 Å². The van der Waals surface area contributed by atoms with E-state index in [0.29, 0.717) is 18.5 Å². The van der Waals surface area contributed by atoms with E-state index in [0.717, 1.165) is 4.90 Å². The number of non-ortho nitro benzene ring substituents is 1. The van der Waals surface area contributed by atoms with Crippen molar-refractivity contribution in [1.29, 1.82) is 0 Å². The second-order valence-corrected chi connectivity index (χ2v) is 7.00. The highest BCUT2D eigenvalue weighted by Gasteiger charge is 2.38. The minimum absolute atomic E-state index is 0.121. The lowest BCUT2D eigenvalue weighted by Gasteiger charge is -2.29. The molecule has 1 aliphatic rings. The van der Waals surface area contributed by atoms with Gasteiger partial charge in [-0.3, -0.25) is 14.9 Å². The summed E-state index contributed by atoms with van der Waals surface area (Å²) in [6, 6.07) is 1.10. The molecule has 8 nitrogen and oxygen atoms in total. The lowest BCUT2D eigenvalue weighted by Crippen LogP contribution is -2.45. The number of halogens is 3. The molecule has 1 saturated heterocycles. The summed E-state index contributed by atoms with van der Waals surface area (Å²) in [6.45, 7) is -0.363. The molecule has 24 heavy (non-hydrogen) atoms. The molecule has 0 aliphatic carbocycles. The van der Waals surface area contributed by atoms with Gasteiger partial charge in [0.25, 0.3) is 5.69 Å². The number of carbonyl (C=O) groups is 1. The molecule has 2 rings (SSSR count). The Kier molecular flexibility index (Phi) is 4.80. The highest BCUT2D eigenvalue weighted by Crippen LogP contribution is 2.34. The minimum Gasteiger partial charge on any atom is -0.358 e.